The highest BCUT2D eigenvalue weighted by Gasteiger charge is 2.10. The van der Waals surface area contributed by atoms with Gasteiger partial charge in [0, 0.05) is 11.6 Å². The molecule has 17 heavy (non-hydrogen) atoms. The smallest absolute Gasteiger partial charge is 0.157 e. The number of fused-ring (bicyclic) bond motifs is 1. The van der Waals surface area contributed by atoms with Crippen LogP contribution in [0.4, 0.5) is 5.82 Å². The summed E-state index contributed by atoms with van der Waals surface area (Å²) in [4.78, 5) is 8.50. The van der Waals surface area contributed by atoms with Crippen molar-refractivity contribution < 1.29 is 9.47 Å². The SMILES string of the molecule is COC1=C(OC)CC=c2nc(C)nc(N)c2=C1. The predicted molar refractivity (Wildman–Crippen MR) is 65.0 cm³/mol. The van der Waals surface area contributed by atoms with Gasteiger partial charge in [-0.25, -0.2) is 9.97 Å². The molecule has 0 atom stereocenters. The van der Waals surface area contributed by atoms with Crippen LogP contribution in [0.3, 0.4) is 0 Å². The maximum Gasteiger partial charge on any atom is 0.157 e. The van der Waals surface area contributed by atoms with Gasteiger partial charge in [-0.3, -0.25) is 0 Å². The van der Waals surface area contributed by atoms with Crippen molar-refractivity contribution in [2.24, 2.45) is 0 Å². The monoisotopic (exact) mass is 233 g/mol. The van der Waals surface area contributed by atoms with Crippen LogP contribution in [0.1, 0.15) is 12.2 Å². The second kappa shape index (κ2) is 4.45. The molecule has 0 saturated heterocycles. The number of aromatic nitrogens is 2. The van der Waals surface area contributed by atoms with Gasteiger partial charge in [0.1, 0.15) is 17.4 Å². The lowest BCUT2D eigenvalue weighted by Crippen LogP contribution is -2.33. The first-order valence-electron chi connectivity index (χ1n) is 5.29. The highest BCUT2D eigenvalue weighted by atomic mass is 16.5. The third-order valence-electron chi connectivity index (χ3n) is 2.61. The van der Waals surface area contributed by atoms with Crippen LogP contribution in [0, 0.1) is 6.92 Å². The standard InChI is InChI=1S/C12H15N3O2/c1-7-14-9-4-5-10(16-2)11(17-3)6-8(9)12(13)15-7/h4,6H,5H2,1-3H3,(H2,13,14,15). The Balaban J connectivity index is 2.73. The number of anilines is 1. The molecule has 2 rings (SSSR count). The Kier molecular flexibility index (Phi) is 2.99. The zero-order valence-electron chi connectivity index (χ0n) is 10.2. The summed E-state index contributed by atoms with van der Waals surface area (Å²) in [6.45, 7) is 1.82. The fraction of sp³-hybridized carbons (Fsp3) is 0.333. The minimum absolute atomic E-state index is 0.454. The molecule has 0 spiro atoms. The van der Waals surface area contributed by atoms with Crippen LogP contribution in [0.5, 0.6) is 0 Å². The van der Waals surface area contributed by atoms with Gasteiger partial charge in [0.25, 0.3) is 0 Å². The van der Waals surface area contributed by atoms with Crippen LogP contribution >= 0.6 is 0 Å². The number of ether oxygens (including phenoxy) is 2. The first-order chi connectivity index (χ1) is 8.15. The summed E-state index contributed by atoms with van der Waals surface area (Å²) >= 11 is 0. The zero-order valence-corrected chi connectivity index (χ0v) is 10.2. The molecule has 90 valence electrons. The third-order valence-corrected chi connectivity index (χ3v) is 2.61. The molecule has 1 aromatic rings. The first kappa shape index (κ1) is 11.4. The van der Waals surface area contributed by atoms with Gasteiger partial charge in [-0.05, 0) is 13.0 Å². The highest BCUT2D eigenvalue weighted by Crippen LogP contribution is 2.14. The van der Waals surface area contributed by atoms with E-state index < -0.39 is 0 Å². The maximum absolute atomic E-state index is 5.89. The van der Waals surface area contributed by atoms with Gasteiger partial charge in [-0.1, -0.05) is 6.08 Å². The Hall–Kier alpha value is -2.04. The summed E-state index contributed by atoms with van der Waals surface area (Å²) in [5.74, 6) is 2.52. The molecule has 5 heteroatoms. The minimum atomic E-state index is 0.454. The van der Waals surface area contributed by atoms with Crippen LogP contribution in [0.15, 0.2) is 11.5 Å². The van der Waals surface area contributed by atoms with Gasteiger partial charge in [-0.15, -0.1) is 0 Å². The van der Waals surface area contributed by atoms with Crippen molar-refractivity contribution in [3.05, 3.63) is 27.9 Å². The van der Waals surface area contributed by atoms with E-state index >= 15 is 0 Å². The minimum Gasteiger partial charge on any atom is -0.497 e. The van der Waals surface area contributed by atoms with E-state index in [-0.39, 0.29) is 0 Å². The Morgan fingerprint density at radius 2 is 2.00 bits per heavy atom. The number of hydrogen-bond donors (Lipinski definition) is 1. The number of hydrogen-bond acceptors (Lipinski definition) is 5. The van der Waals surface area contributed by atoms with E-state index in [1.54, 1.807) is 14.2 Å². The van der Waals surface area contributed by atoms with E-state index in [0.717, 1.165) is 16.3 Å². The molecule has 1 aromatic heterocycles. The quantitative estimate of drug-likeness (QED) is 0.768. The van der Waals surface area contributed by atoms with E-state index in [0.29, 0.717) is 23.8 Å². The second-order valence-electron chi connectivity index (χ2n) is 3.70. The van der Waals surface area contributed by atoms with E-state index in [2.05, 4.69) is 9.97 Å². The summed E-state index contributed by atoms with van der Waals surface area (Å²) in [5.41, 5.74) is 5.89. The van der Waals surface area contributed by atoms with Gasteiger partial charge >= 0.3 is 0 Å². The molecule has 0 saturated carbocycles. The van der Waals surface area contributed by atoms with E-state index in [1.165, 1.54) is 0 Å². The average Bonchev–Trinajstić information content (AvgIpc) is 2.48. The molecule has 2 N–H and O–H groups in total. The van der Waals surface area contributed by atoms with E-state index in [4.69, 9.17) is 15.2 Å². The van der Waals surface area contributed by atoms with Gasteiger partial charge in [-0.2, -0.15) is 0 Å². The van der Waals surface area contributed by atoms with Gasteiger partial charge in [0.2, 0.25) is 0 Å². The Morgan fingerprint density at radius 3 is 2.65 bits per heavy atom. The topological polar surface area (TPSA) is 70.3 Å². The maximum atomic E-state index is 5.89. The predicted octanol–water partition coefficient (Wildman–Crippen LogP) is -0.164. The summed E-state index contributed by atoms with van der Waals surface area (Å²) in [7, 11) is 3.22. The van der Waals surface area contributed by atoms with Gasteiger partial charge in [0.15, 0.2) is 5.76 Å². The van der Waals surface area contributed by atoms with Crippen molar-refractivity contribution in [2.45, 2.75) is 13.3 Å². The Morgan fingerprint density at radius 1 is 1.24 bits per heavy atom. The third kappa shape index (κ3) is 2.08. The highest BCUT2D eigenvalue weighted by molar-refractivity contribution is 5.54. The number of methoxy groups -OCH3 is 2. The lowest BCUT2D eigenvalue weighted by atomic mass is 10.3. The van der Waals surface area contributed by atoms with Crippen LogP contribution in [0.25, 0.3) is 12.2 Å². The van der Waals surface area contributed by atoms with Crippen LogP contribution in [-0.2, 0) is 9.47 Å². The molecule has 0 amide bonds. The molecule has 0 bridgehead atoms. The van der Waals surface area contributed by atoms with Crippen molar-refractivity contribution in [1.29, 1.82) is 0 Å². The van der Waals surface area contributed by atoms with E-state index in [1.807, 2.05) is 19.1 Å². The molecule has 1 aliphatic rings. The van der Waals surface area contributed by atoms with Crippen LogP contribution < -0.4 is 16.3 Å². The Labute approximate surface area is 99.3 Å². The molecule has 0 radical (unpaired) electrons. The summed E-state index contributed by atoms with van der Waals surface area (Å²) < 4.78 is 10.6. The molecular weight excluding hydrogens is 218 g/mol. The van der Waals surface area contributed by atoms with Crippen molar-refractivity contribution in [3.63, 3.8) is 0 Å². The fourth-order valence-electron chi connectivity index (χ4n) is 1.79. The summed E-state index contributed by atoms with van der Waals surface area (Å²) in [5, 5.41) is 1.59. The van der Waals surface area contributed by atoms with Gasteiger partial charge in [0.05, 0.1) is 19.6 Å². The van der Waals surface area contributed by atoms with Crippen molar-refractivity contribution in [1.82, 2.24) is 9.97 Å². The molecule has 0 aliphatic heterocycles. The molecule has 0 fully saturated rings. The van der Waals surface area contributed by atoms with E-state index in [9.17, 15) is 0 Å². The number of nitrogens with zero attached hydrogens (tertiary/aromatic N) is 2. The summed E-state index contributed by atoms with van der Waals surface area (Å²) in [6.07, 6.45) is 4.40. The molecule has 0 aromatic carbocycles. The number of rotatable bonds is 2. The number of nitrogen functional groups attached to an aromatic ring is 1. The molecular formula is C12H15N3O2. The second-order valence-corrected chi connectivity index (χ2v) is 3.70. The molecule has 1 heterocycles. The van der Waals surface area contributed by atoms with Crippen LogP contribution in [-0.4, -0.2) is 24.2 Å². The number of aryl methyl sites for hydroxylation is 1. The fourth-order valence-corrected chi connectivity index (χ4v) is 1.79. The normalized spacial score (nSPS) is 14.3. The number of allylic oxidation sites excluding steroid dienone is 2. The molecule has 5 nitrogen and oxygen atoms in total. The zero-order chi connectivity index (χ0) is 12.4. The average molecular weight is 233 g/mol. The van der Waals surface area contributed by atoms with Crippen molar-refractivity contribution >= 4 is 18.0 Å². The summed E-state index contributed by atoms with van der Waals surface area (Å²) in [6, 6.07) is 0. The largest absolute Gasteiger partial charge is 0.497 e. The van der Waals surface area contributed by atoms with Crippen LogP contribution in [0.2, 0.25) is 0 Å². The lowest BCUT2D eigenvalue weighted by Gasteiger charge is -2.06. The van der Waals surface area contributed by atoms with Crippen molar-refractivity contribution in [2.75, 3.05) is 20.0 Å². The van der Waals surface area contributed by atoms with Crippen molar-refractivity contribution in [3.8, 4) is 0 Å². The number of nitrogens with two attached hydrogens (primary N) is 1. The Bertz CT molecular complexity index is 591. The first-order valence-corrected chi connectivity index (χ1v) is 5.29. The molecule has 0 unspecified atom stereocenters. The molecule has 1 aliphatic carbocycles. The lowest BCUT2D eigenvalue weighted by molar-refractivity contribution is 0.232. The van der Waals surface area contributed by atoms with Gasteiger partial charge < -0.3 is 15.2 Å².